The maximum atomic E-state index is 13.6. The molecule has 4 heteroatoms. The molecule has 23 heavy (non-hydrogen) atoms. The molecule has 1 unspecified atom stereocenters. The topological polar surface area (TPSA) is 41.8 Å². The van der Waals surface area contributed by atoms with Crippen molar-refractivity contribution in [2.45, 2.75) is 25.7 Å². The van der Waals surface area contributed by atoms with Gasteiger partial charge in [-0.25, -0.2) is 4.39 Å². The molecule has 1 atom stereocenters. The fourth-order valence-corrected chi connectivity index (χ4v) is 2.96. The van der Waals surface area contributed by atoms with Crippen LogP contribution in [0.5, 0.6) is 0 Å². The molecular formula is C19H22ClFN2. The average Bonchev–Trinajstić information content (AvgIpc) is 2.92. The molecule has 2 aromatic carbocycles. The Labute approximate surface area is 142 Å². The number of hydrogen-bond donors (Lipinski definition) is 2. The molecular weight excluding hydrogens is 311 g/mol. The van der Waals surface area contributed by atoms with E-state index >= 15 is 0 Å². The number of nitrogens with two attached hydrogens (primary N) is 1. The van der Waals surface area contributed by atoms with Gasteiger partial charge >= 0.3 is 0 Å². The SMILES string of the molecule is CC(C)c1ccc(C(CN)c2c[nH]c3ccc(F)cc23)cc1.Cl. The Kier molecular flexibility index (Phi) is 5.45. The standard InChI is InChI=1S/C19H21FN2.ClH/c1-12(2)13-3-5-14(6-4-13)17(10-21)18-11-22-19-8-7-15(20)9-16(18)19;/h3-9,11-12,17,22H,10,21H2,1-2H3;1H. The Bertz CT molecular complexity index is 778. The van der Waals surface area contributed by atoms with Gasteiger partial charge in [-0.15, -0.1) is 12.4 Å². The third kappa shape index (κ3) is 3.41. The number of hydrogen-bond acceptors (Lipinski definition) is 1. The first-order valence-corrected chi connectivity index (χ1v) is 7.66. The maximum Gasteiger partial charge on any atom is 0.123 e. The second-order valence-corrected chi connectivity index (χ2v) is 6.04. The van der Waals surface area contributed by atoms with Crippen LogP contribution in [0.25, 0.3) is 10.9 Å². The monoisotopic (exact) mass is 332 g/mol. The Balaban J connectivity index is 0.00000192. The van der Waals surface area contributed by atoms with Gasteiger partial charge in [-0.3, -0.25) is 0 Å². The lowest BCUT2D eigenvalue weighted by atomic mass is 9.89. The number of rotatable bonds is 4. The third-order valence-electron chi connectivity index (χ3n) is 4.29. The van der Waals surface area contributed by atoms with E-state index < -0.39 is 0 Å². The van der Waals surface area contributed by atoms with Crippen molar-refractivity contribution < 1.29 is 4.39 Å². The molecule has 0 aliphatic carbocycles. The number of aromatic amines is 1. The minimum Gasteiger partial charge on any atom is -0.361 e. The largest absolute Gasteiger partial charge is 0.361 e. The molecule has 0 saturated carbocycles. The molecule has 0 fully saturated rings. The molecule has 0 aliphatic heterocycles. The van der Waals surface area contributed by atoms with Gasteiger partial charge in [0.1, 0.15) is 5.82 Å². The second kappa shape index (κ2) is 7.16. The molecule has 1 heterocycles. The first kappa shape index (κ1) is 17.5. The summed E-state index contributed by atoms with van der Waals surface area (Å²) in [6.07, 6.45) is 1.94. The molecule has 122 valence electrons. The lowest BCUT2D eigenvalue weighted by molar-refractivity contribution is 0.629. The van der Waals surface area contributed by atoms with E-state index in [-0.39, 0.29) is 24.1 Å². The van der Waals surface area contributed by atoms with Crippen molar-refractivity contribution >= 4 is 23.3 Å². The van der Waals surface area contributed by atoms with E-state index in [9.17, 15) is 4.39 Å². The van der Waals surface area contributed by atoms with Crippen molar-refractivity contribution in [2.24, 2.45) is 5.73 Å². The number of H-pyrrole nitrogens is 1. The first-order valence-electron chi connectivity index (χ1n) is 7.66. The van der Waals surface area contributed by atoms with Gasteiger partial charge in [-0.1, -0.05) is 38.1 Å². The summed E-state index contributed by atoms with van der Waals surface area (Å²) in [5, 5.41) is 0.906. The van der Waals surface area contributed by atoms with E-state index in [0.29, 0.717) is 12.5 Å². The highest BCUT2D eigenvalue weighted by molar-refractivity contribution is 5.85. The number of nitrogens with one attached hydrogen (secondary N) is 1. The van der Waals surface area contributed by atoms with Crippen LogP contribution in [-0.2, 0) is 0 Å². The highest BCUT2D eigenvalue weighted by atomic mass is 35.5. The summed E-state index contributed by atoms with van der Waals surface area (Å²) < 4.78 is 13.6. The van der Waals surface area contributed by atoms with Gasteiger partial charge in [0.25, 0.3) is 0 Å². The van der Waals surface area contributed by atoms with Crippen molar-refractivity contribution in [1.29, 1.82) is 0 Å². The van der Waals surface area contributed by atoms with Crippen molar-refractivity contribution in [1.82, 2.24) is 4.98 Å². The molecule has 3 aromatic rings. The van der Waals surface area contributed by atoms with E-state index in [1.807, 2.05) is 6.20 Å². The van der Waals surface area contributed by atoms with Crippen molar-refractivity contribution in [2.75, 3.05) is 6.54 Å². The van der Waals surface area contributed by atoms with Gasteiger partial charge in [-0.2, -0.15) is 0 Å². The van der Waals surface area contributed by atoms with E-state index in [0.717, 1.165) is 22.0 Å². The fraction of sp³-hybridized carbons (Fsp3) is 0.263. The zero-order valence-corrected chi connectivity index (χ0v) is 14.2. The summed E-state index contributed by atoms with van der Waals surface area (Å²) >= 11 is 0. The van der Waals surface area contributed by atoms with E-state index in [2.05, 4.69) is 43.1 Å². The molecule has 1 aromatic heterocycles. The quantitative estimate of drug-likeness (QED) is 0.698. The van der Waals surface area contributed by atoms with E-state index in [1.54, 1.807) is 12.1 Å². The van der Waals surface area contributed by atoms with E-state index in [4.69, 9.17) is 5.73 Å². The number of benzene rings is 2. The molecule has 0 bridgehead atoms. The maximum absolute atomic E-state index is 13.6. The summed E-state index contributed by atoms with van der Waals surface area (Å²) in [6, 6.07) is 13.4. The van der Waals surface area contributed by atoms with Crippen LogP contribution in [-0.4, -0.2) is 11.5 Å². The summed E-state index contributed by atoms with van der Waals surface area (Å²) in [7, 11) is 0. The minimum atomic E-state index is -0.223. The predicted molar refractivity (Wildman–Crippen MR) is 96.9 cm³/mol. The van der Waals surface area contributed by atoms with Crippen LogP contribution in [0.15, 0.2) is 48.7 Å². The molecule has 0 aliphatic rings. The average molecular weight is 333 g/mol. The van der Waals surface area contributed by atoms with Crippen molar-refractivity contribution in [3.63, 3.8) is 0 Å². The normalized spacial score (nSPS) is 12.4. The minimum absolute atomic E-state index is 0. The number of fused-ring (bicyclic) bond motifs is 1. The van der Waals surface area contributed by atoms with Crippen molar-refractivity contribution in [3.05, 3.63) is 71.2 Å². The van der Waals surface area contributed by atoms with Gasteiger partial charge in [0.05, 0.1) is 0 Å². The lowest BCUT2D eigenvalue weighted by Gasteiger charge is -2.16. The summed E-state index contributed by atoms with van der Waals surface area (Å²) in [5.74, 6) is 0.351. The highest BCUT2D eigenvalue weighted by Crippen LogP contribution is 2.31. The van der Waals surface area contributed by atoms with Crippen LogP contribution in [0.1, 0.15) is 42.4 Å². The van der Waals surface area contributed by atoms with Gasteiger partial charge in [0.2, 0.25) is 0 Å². The molecule has 0 amide bonds. The van der Waals surface area contributed by atoms with Crippen molar-refractivity contribution in [3.8, 4) is 0 Å². The van der Waals surface area contributed by atoms with Crippen LogP contribution in [0.4, 0.5) is 4.39 Å². The van der Waals surface area contributed by atoms with Gasteiger partial charge in [-0.05, 0) is 40.8 Å². The lowest BCUT2D eigenvalue weighted by Crippen LogP contribution is -2.13. The fourth-order valence-electron chi connectivity index (χ4n) is 2.96. The Hall–Kier alpha value is -1.84. The van der Waals surface area contributed by atoms with Crippen LogP contribution in [0.3, 0.4) is 0 Å². The molecule has 3 N–H and O–H groups in total. The number of aromatic nitrogens is 1. The zero-order chi connectivity index (χ0) is 15.7. The van der Waals surface area contributed by atoms with Gasteiger partial charge < -0.3 is 10.7 Å². The third-order valence-corrected chi connectivity index (χ3v) is 4.29. The van der Waals surface area contributed by atoms with Crippen LogP contribution >= 0.6 is 12.4 Å². The summed E-state index contributed by atoms with van der Waals surface area (Å²) in [6.45, 7) is 4.85. The molecule has 2 nitrogen and oxygen atoms in total. The Morgan fingerprint density at radius 1 is 1.04 bits per heavy atom. The highest BCUT2D eigenvalue weighted by Gasteiger charge is 2.17. The molecule has 0 spiro atoms. The van der Waals surface area contributed by atoms with Crippen LogP contribution in [0, 0.1) is 5.82 Å². The summed E-state index contributed by atoms with van der Waals surface area (Å²) in [5.41, 5.74) is 10.5. The predicted octanol–water partition coefficient (Wildman–Crippen LogP) is 4.94. The molecule has 3 rings (SSSR count). The molecule has 0 saturated heterocycles. The first-order chi connectivity index (χ1) is 10.6. The Morgan fingerprint density at radius 2 is 1.70 bits per heavy atom. The Morgan fingerprint density at radius 3 is 2.30 bits per heavy atom. The van der Waals surface area contributed by atoms with Gasteiger partial charge in [0.15, 0.2) is 0 Å². The molecule has 0 radical (unpaired) electrons. The second-order valence-electron chi connectivity index (χ2n) is 6.04. The number of halogens is 2. The smallest absolute Gasteiger partial charge is 0.123 e. The zero-order valence-electron chi connectivity index (χ0n) is 13.3. The summed E-state index contributed by atoms with van der Waals surface area (Å²) in [4.78, 5) is 3.21. The van der Waals surface area contributed by atoms with Crippen LogP contribution < -0.4 is 5.73 Å². The van der Waals surface area contributed by atoms with Crippen LogP contribution in [0.2, 0.25) is 0 Å². The van der Waals surface area contributed by atoms with E-state index in [1.165, 1.54) is 11.6 Å². The van der Waals surface area contributed by atoms with Gasteiger partial charge in [0, 0.05) is 29.6 Å².